The fraction of sp³-hybridized carbons (Fsp3) is 0.333. The van der Waals surface area contributed by atoms with Crippen molar-refractivity contribution in [3.8, 4) is 5.75 Å². The molecule has 22 heavy (non-hydrogen) atoms. The minimum absolute atomic E-state index is 0.524. The molecule has 1 aliphatic rings. The minimum atomic E-state index is 0.524. The molecule has 1 saturated heterocycles. The highest BCUT2D eigenvalue weighted by atomic mass is 16.5. The van der Waals surface area contributed by atoms with E-state index in [1.165, 1.54) is 19.4 Å². The third-order valence-electron chi connectivity index (χ3n) is 4.02. The van der Waals surface area contributed by atoms with Crippen LogP contribution in [0.4, 0.5) is 0 Å². The van der Waals surface area contributed by atoms with E-state index in [2.05, 4.69) is 21.9 Å². The van der Waals surface area contributed by atoms with Gasteiger partial charge in [-0.2, -0.15) is 0 Å². The zero-order chi connectivity index (χ0) is 15.2. The normalized spacial score (nSPS) is 18.9. The average Bonchev–Trinajstić information content (AvgIpc) is 2.98. The minimum Gasteiger partial charge on any atom is -0.490 e. The van der Waals surface area contributed by atoms with Gasteiger partial charge in [0.25, 0.3) is 0 Å². The van der Waals surface area contributed by atoms with Crippen molar-refractivity contribution in [3.63, 3.8) is 0 Å². The van der Waals surface area contributed by atoms with Crippen molar-refractivity contribution in [1.82, 2.24) is 14.9 Å². The predicted octanol–water partition coefficient (Wildman–Crippen LogP) is 3.12. The summed E-state index contributed by atoms with van der Waals surface area (Å²) >= 11 is 0. The van der Waals surface area contributed by atoms with Crippen LogP contribution in [0.25, 0.3) is 12.2 Å². The fourth-order valence-electron chi connectivity index (χ4n) is 2.65. The first-order chi connectivity index (χ1) is 10.8. The number of aromatic nitrogens is 2. The number of rotatable bonds is 5. The number of ether oxygens (including phenoxy) is 1. The molecule has 4 heteroatoms. The first-order valence-electron chi connectivity index (χ1n) is 7.67. The van der Waals surface area contributed by atoms with Crippen LogP contribution in [-0.2, 0) is 0 Å². The molecule has 0 bridgehead atoms. The summed E-state index contributed by atoms with van der Waals surface area (Å²) in [5.41, 5.74) is 2.16. The van der Waals surface area contributed by atoms with E-state index in [4.69, 9.17) is 4.74 Å². The van der Waals surface area contributed by atoms with Gasteiger partial charge in [-0.05, 0) is 55.8 Å². The lowest BCUT2D eigenvalue weighted by Gasteiger charge is -2.19. The zero-order valence-corrected chi connectivity index (χ0v) is 12.9. The molecule has 1 atom stereocenters. The summed E-state index contributed by atoms with van der Waals surface area (Å²) in [6, 6.07) is 6.50. The Hall–Kier alpha value is -2.20. The molecule has 2 aromatic heterocycles. The Morgan fingerprint density at radius 1 is 1.18 bits per heavy atom. The molecule has 1 aliphatic heterocycles. The fourth-order valence-corrected chi connectivity index (χ4v) is 2.65. The lowest BCUT2D eigenvalue weighted by atomic mass is 10.2. The van der Waals surface area contributed by atoms with Gasteiger partial charge in [0.2, 0.25) is 0 Å². The van der Waals surface area contributed by atoms with E-state index in [1.54, 1.807) is 18.6 Å². The van der Waals surface area contributed by atoms with E-state index in [1.807, 2.05) is 36.5 Å². The molecule has 0 N–H and O–H groups in total. The maximum atomic E-state index is 5.90. The first kappa shape index (κ1) is 14.7. The number of likely N-dealkylation sites (N-methyl/N-ethyl adjacent to an activating group) is 1. The average molecular weight is 295 g/mol. The Morgan fingerprint density at radius 2 is 2.00 bits per heavy atom. The van der Waals surface area contributed by atoms with Crippen LogP contribution < -0.4 is 4.74 Å². The number of nitrogens with zero attached hydrogens (tertiary/aromatic N) is 3. The van der Waals surface area contributed by atoms with Crippen molar-refractivity contribution in [3.05, 3.63) is 54.1 Å². The first-order valence-corrected chi connectivity index (χ1v) is 7.67. The summed E-state index contributed by atoms with van der Waals surface area (Å²) < 4.78 is 5.90. The van der Waals surface area contributed by atoms with Gasteiger partial charge in [0, 0.05) is 24.6 Å². The van der Waals surface area contributed by atoms with Crippen molar-refractivity contribution < 1.29 is 4.74 Å². The second-order valence-corrected chi connectivity index (χ2v) is 5.66. The summed E-state index contributed by atoms with van der Waals surface area (Å²) in [7, 11) is 2.16. The largest absolute Gasteiger partial charge is 0.490 e. The molecule has 0 saturated carbocycles. The second kappa shape index (κ2) is 7.18. The smallest absolute Gasteiger partial charge is 0.138 e. The van der Waals surface area contributed by atoms with Crippen LogP contribution in [0.2, 0.25) is 0 Å². The standard InChI is InChI=1S/C18H21N3O/c1-21-10-2-3-17(21)14-22-18-11-16(12-20-13-18)5-4-15-6-8-19-9-7-15/h4-9,11-13,17H,2-3,10,14H2,1H3/t17-/m0/s1. The number of likely N-dealkylation sites (tertiary alicyclic amines) is 1. The van der Waals surface area contributed by atoms with Gasteiger partial charge in [-0.25, -0.2) is 0 Å². The number of hydrogen-bond acceptors (Lipinski definition) is 4. The molecule has 3 rings (SSSR count). The van der Waals surface area contributed by atoms with Crippen LogP contribution in [0.1, 0.15) is 24.0 Å². The molecular formula is C18H21N3O. The monoisotopic (exact) mass is 295 g/mol. The van der Waals surface area contributed by atoms with Crippen molar-refractivity contribution in [2.45, 2.75) is 18.9 Å². The highest BCUT2D eigenvalue weighted by molar-refractivity contribution is 5.69. The molecule has 0 amide bonds. The van der Waals surface area contributed by atoms with Gasteiger partial charge in [-0.15, -0.1) is 0 Å². The van der Waals surface area contributed by atoms with Gasteiger partial charge in [-0.3, -0.25) is 9.97 Å². The van der Waals surface area contributed by atoms with E-state index in [9.17, 15) is 0 Å². The molecule has 0 aromatic carbocycles. The van der Waals surface area contributed by atoms with Crippen LogP contribution in [0, 0.1) is 0 Å². The Labute approximate surface area is 131 Å². The lowest BCUT2D eigenvalue weighted by molar-refractivity contribution is 0.198. The molecule has 0 spiro atoms. The summed E-state index contributed by atoms with van der Waals surface area (Å²) in [6.07, 6.45) is 13.8. The summed E-state index contributed by atoms with van der Waals surface area (Å²) in [6.45, 7) is 1.90. The van der Waals surface area contributed by atoms with Crippen molar-refractivity contribution >= 4 is 12.2 Å². The maximum absolute atomic E-state index is 5.90. The third kappa shape index (κ3) is 3.92. The van der Waals surface area contributed by atoms with Crippen LogP contribution >= 0.6 is 0 Å². The quantitative estimate of drug-likeness (QED) is 0.849. The molecule has 0 aliphatic carbocycles. The SMILES string of the molecule is CN1CCC[C@H]1COc1cncc(C=Cc2ccncc2)c1. The van der Waals surface area contributed by atoms with Gasteiger partial charge in [0.1, 0.15) is 12.4 Å². The van der Waals surface area contributed by atoms with E-state index < -0.39 is 0 Å². The van der Waals surface area contributed by atoms with Gasteiger partial charge >= 0.3 is 0 Å². The summed E-state index contributed by atoms with van der Waals surface area (Å²) in [5.74, 6) is 0.831. The van der Waals surface area contributed by atoms with Crippen molar-refractivity contribution in [1.29, 1.82) is 0 Å². The Morgan fingerprint density at radius 3 is 2.77 bits per heavy atom. The molecule has 1 fully saturated rings. The summed E-state index contributed by atoms with van der Waals surface area (Å²) in [4.78, 5) is 10.6. The number of pyridine rings is 2. The molecule has 114 valence electrons. The van der Waals surface area contributed by atoms with E-state index in [0.717, 1.165) is 23.5 Å². The van der Waals surface area contributed by atoms with Gasteiger partial charge < -0.3 is 9.64 Å². The zero-order valence-electron chi connectivity index (χ0n) is 12.9. The molecule has 2 aromatic rings. The topological polar surface area (TPSA) is 38.2 Å². The van der Waals surface area contributed by atoms with Gasteiger partial charge in [0.05, 0.1) is 6.20 Å². The predicted molar refractivity (Wildman–Crippen MR) is 88.5 cm³/mol. The second-order valence-electron chi connectivity index (χ2n) is 5.66. The highest BCUT2D eigenvalue weighted by Gasteiger charge is 2.21. The van der Waals surface area contributed by atoms with Crippen LogP contribution in [0.3, 0.4) is 0 Å². The van der Waals surface area contributed by atoms with Crippen molar-refractivity contribution in [2.24, 2.45) is 0 Å². The molecule has 0 radical (unpaired) electrons. The van der Waals surface area contributed by atoms with E-state index >= 15 is 0 Å². The van der Waals surface area contributed by atoms with Crippen LogP contribution in [-0.4, -0.2) is 41.1 Å². The Balaban J connectivity index is 1.61. The van der Waals surface area contributed by atoms with Crippen LogP contribution in [0.5, 0.6) is 5.75 Å². The molecular weight excluding hydrogens is 274 g/mol. The van der Waals surface area contributed by atoms with Crippen molar-refractivity contribution in [2.75, 3.05) is 20.2 Å². The molecule has 0 unspecified atom stereocenters. The molecule has 3 heterocycles. The van der Waals surface area contributed by atoms with E-state index in [-0.39, 0.29) is 0 Å². The third-order valence-corrected chi connectivity index (χ3v) is 4.02. The Kier molecular flexibility index (Phi) is 4.81. The van der Waals surface area contributed by atoms with Gasteiger partial charge in [-0.1, -0.05) is 12.2 Å². The Bertz CT molecular complexity index is 627. The van der Waals surface area contributed by atoms with Gasteiger partial charge in [0.15, 0.2) is 0 Å². The molecule has 4 nitrogen and oxygen atoms in total. The summed E-state index contributed by atoms with van der Waals surface area (Å²) in [5, 5.41) is 0. The maximum Gasteiger partial charge on any atom is 0.138 e. The highest BCUT2D eigenvalue weighted by Crippen LogP contribution is 2.18. The lowest BCUT2D eigenvalue weighted by Crippen LogP contribution is -2.30. The van der Waals surface area contributed by atoms with Crippen LogP contribution in [0.15, 0.2) is 43.0 Å². The van der Waals surface area contributed by atoms with E-state index in [0.29, 0.717) is 6.04 Å². The number of hydrogen-bond donors (Lipinski definition) is 0.